The maximum absolute atomic E-state index is 12.7. The molecule has 0 unspecified atom stereocenters. The van der Waals surface area contributed by atoms with Gasteiger partial charge < -0.3 is 5.32 Å². The molecule has 0 bridgehead atoms. The highest BCUT2D eigenvalue weighted by Crippen LogP contribution is 2.22. The largest absolute Gasteiger partial charge is 0.354 e. The summed E-state index contributed by atoms with van der Waals surface area (Å²) in [5.41, 5.74) is 0.519. The summed E-state index contributed by atoms with van der Waals surface area (Å²) in [6.45, 7) is 6.71. The van der Waals surface area contributed by atoms with Crippen LogP contribution >= 0.6 is 0 Å². The Morgan fingerprint density at radius 1 is 1.12 bits per heavy atom. The van der Waals surface area contributed by atoms with E-state index in [-0.39, 0.29) is 5.91 Å². The van der Waals surface area contributed by atoms with Crippen LogP contribution in [-0.2, 0) is 14.8 Å². The molecule has 2 atom stereocenters. The van der Waals surface area contributed by atoms with Crippen LogP contribution in [-0.4, -0.2) is 33.2 Å². The number of sulfonamides is 1. The van der Waals surface area contributed by atoms with Crippen LogP contribution in [0.25, 0.3) is 0 Å². The number of benzene rings is 1. The van der Waals surface area contributed by atoms with Gasteiger partial charge in [0, 0.05) is 6.54 Å². The molecule has 5 nitrogen and oxygen atoms in total. The van der Waals surface area contributed by atoms with E-state index in [1.165, 1.54) is 4.31 Å². The minimum absolute atomic E-state index is 0.230. The van der Waals surface area contributed by atoms with Gasteiger partial charge in [-0.2, -0.15) is 0 Å². The second-order valence-electron chi connectivity index (χ2n) is 6.48. The number of nitrogens with zero attached hydrogens (tertiary/aromatic N) is 1. The van der Waals surface area contributed by atoms with Gasteiger partial charge in [0.2, 0.25) is 15.9 Å². The zero-order valence-corrected chi connectivity index (χ0v) is 16.7. The maximum Gasteiger partial charge on any atom is 0.243 e. The average molecular weight is 369 g/mol. The lowest BCUT2D eigenvalue weighted by atomic mass is 9.99. The van der Waals surface area contributed by atoms with Crippen molar-refractivity contribution < 1.29 is 13.2 Å². The summed E-state index contributed by atoms with van der Waals surface area (Å²) < 4.78 is 25.9. The van der Waals surface area contributed by atoms with E-state index in [0.717, 1.165) is 31.9 Å². The molecule has 0 saturated heterocycles. The molecule has 0 aliphatic heterocycles. The Kier molecular flexibility index (Phi) is 8.97. The van der Waals surface area contributed by atoms with Gasteiger partial charge in [-0.25, -0.2) is 8.42 Å². The first kappa shape index (κ1) is 21.5. The van der Waals surface area contributed by atoms with Gasteiger partial charge >= 0.3 is 0 Å². The van der Waals surface area contributed by atoms with Crippen LogP contribution < -0.4 is 9.62 Å². The molecule has 0 fully saturated rings. The second kappa shape index (κ2) is 10.4. The molecule has 0 aliphatic carbocycles. The van der Waals surface area contributed by atoms with Gasteiger partial charge in [0.15, 0.2) is 0 Å². The zero-order chi connectivity index (χ0) is 18.9. The summed E-state index contributed by atoms with van der Waals surface area (Å²) in [5.74, 6) is 0.205. The topological polar surface area (TPSA) is 66.5 Å². The number of amides is 1. The molecule has 0 aliphatic rings. The predicted octanol–water partition coefficient (Wildman–Crippen LogP) is 3.56. The number of carbonyl (C=O) groups is 1. The summed E-state index contributed by atoms with van der Waals surface area (Å²) in [4.78, 5) is 12.7. The number of unbranched alkanes of at least 4 members (excludes halogenated alkanes) is 1. The van der Waals surface area contributed by atoms with Crippen LogP contribution in [0.4, 0.5) is 5.69 Å². The Hall–Kier alpha value is -1.56. The summed E-state index contributed by atoms with van der Waals surface area (Å²) in [6, 6.07) is 8.07. The van der Waals surface area contributed by atoms with Crippen LogP contribution in [0.5, 0.6) is 0 Å². The Balaban J connectivity index is 2.91. The van der Waals surface area contributed by atoms with Gasteiger partial charge in [-0.15, -0.1) is 0 Å². The summed E-state index contributed by atoms with van der Waals surface area (Å²) in [6.07, 6.45) is 5.93. The molecule has 0 spiro atoms. The van der Waals surface area contributed by atoms with Crippen LogP contribution in [0.3, 0.4) is 0 Å². The van der Waals surface area contributed by atoms with E-state index in [0.29, 0.717) is 24.6 Å². The zero-order valence-electron chi connectivity index (χ0n) is 15.9. The fraction of sp³-hybridized carbons (Fsp3) is 0.632. The number of nitrogens with one attached hydrogen (secondary N) is 1. The van der Waals surface area contributed by atoms with Crippen LogP contribution in [0, 0.1) is 5.92 Å². The minimum Gasteiger partial charge on any atom is -0.354 e. The molecular weight excluding hydrogens is 336 g/mol. The van der Waals surface area contributed by atoms with Gasteiger partial charge in [-0.05, 0) is 30.9 Å². The molecule has 0 saturated carbocycles. The van der Waals surface area contributed by atoms with E-state index in [9.17, 15) is 13.2 Å². The summed E-state index contributed by atoms with van der Waals surface area (Å²) in [7, 11) is -3.56. The average Bonchev–Trinajstić information content (AvgIpc) is 2.59. The molecule has 1 N–H and O–H groups in total. The van der Waals surface area contributed by atoms with Crippen molar-refractivity contribution in [2.45, 2.75) is 58.9 Å². The molecule has 0 heterocycles. The molecular formula is C19H32N2O3S. The standard InChI is InChI=1S/C19H32N2O3S/c1-5-8-12-16(6-2)15-20-19(22)18(7-3)21(25(4,23)24)17-13-10-9-11-14-17/h9-11,13-14,16,18H,5-8,12,15H2,1-4H3,(H,20,22)/t16-,18-/m1/s1. The molecule has 0 radical (unpaired) electrons. The van der Waals surface area contributed by atoms with E-state index < -0.39 is 16.1 Å². The quantitative estimate of drug-likeness (QED) is 0.649. The lowest BCUT2D eigenvalue weighted by molar-refractivity contribution is -0.122. The monoisotopic (exact) mass is 368 g/mol. The third-order valence-corrected chi connectivity index (χ3v) is 5.63. The van der Waals surface area contributed by atoms with Gasteiger partial charge in [0.1, 0.15) is 6.04 Å². The number of anilines is 1. The van der Waals surface area contributed by atoms with Crippen molar-refractivity contribution >= 4 is 21.6 Å². The lowest BCUT2D eigenvalue weighted by Gasteiger charge is -2.30. The molecule has 1 rings (SSSR count). The highest BCUT2D eigenvalue weighted by Gasteiger charge is 2.31. The highest BCUT2D eigenvalue weighted by atomic mass is 32.2. The van der Waals surface area contributed by atoms with E-state index in [4.69, 9.17) is 0 Å². The van der Waals surface area contributed by atoms with Crippen molar-refractivity contribution in [3.63, 3.8) is 0 Å². The highest BCUT2D eigenvalue weighted by molar-refractivity contribution is 7.92. The summed E-state index contributed by atoms with van der Waals surface area (Å²) in [5, 5.41) is 2.97. The van der Waals surface area contributed by atoms with Crippen LogP contribution in [0.1, 0.15) is 52.9 Å². The number of para-hydroxylation sites is 1. The van der Waals surface area contributed by atoms with Crippen molar-refractivity contribution in [1.82, 2.24) is 5.32 Å². The number of hydrogen-bond donors (Lipinski definition) is 1. The molecule has 1 aromatic rings. The Morgan fingerprint density at radius 2 is 1.76 bits per heavy atom. The molecule has 1 amide bonds. The number of hydrogen-bond acceptors (Lipinski definition) is 3. The Labute approximate surface area is 152 Å². The second-order valence-corrected chi connectivity index (χ2v) is 8.34. The number of carbonyl (C=O) groups excluding carboxylic acids is 1. The van der Waals surface area contributed by atoms with Crippen molar-refractivity contribution in [2.24, 2.45) is 5.92 Å². The SMILES string of the molecule is CCCC[C@@H](CC)CNC(=O)[C@@H](CC)N(c1ccccc1)S(C)(=O)=O. The Bertz CT molecular complexity index is 617. The molecule has 0 aromatic heterocycles. The van der Waals surface area contributed by atoms with Crippen LogP contribution in [0.15, 0.2) is 30.3 Å². The van der Waals surface area contributed by atoms with Crippen molar-refractivity contribution in [3.8, 4) is 0 Å². The first-order chi connectivity index (χ1) is 11.8. The maximum atomic E-state index is 12.7. The third-order valence-electron chi connectivity index (χ3n) is 4.45. The van der Waals surface area contributed by atoms with Crippen molar-refractivity contribution in [3.05, 3.63) is 30.3 Å². The first-order valence-electron chi connectivity index (χ1n) is 9.17. The molecule has 1 aromatic carbocycles. The van der Waals surface area contributed by atoms with E-state index in [1.807, 2.05) is 13.0 Å². The smallest absolute Gasteiger partial charge is 0.243 e. The molecule has 6 heteroatoms. The van der Waals surface area contributed by atoms with Gasteiger partial charge in [0.05, 0.1) is 11.9 Å². The van der Waals surface area contributed by atoms with Gasteiger partial charge in [-0.3, -0.25) is 9.10 Å². The van der Waals surface area contributed by atoms with Crippen LogP contribution in [0.2, 0.25) is 0 Å². The fourth-order valence-electron chi connectivity index (χ4n) is 2.94. The van der Waals surface area contributed by atoms with Crippen molar-refractivity contribution in [1.29, 1.82) is 0 Å². The van der Waals surface area contributed by atoms with Gasteiger partial charge in [-0.1, -0.05) is 58.2 Å². The van der Waals surface area contributed by atoms with E-state index in [1.54, 1.807) is 24.3 Å². The predicted molar refractivity (Wildman–Crippen MR) is 104 cm³/mol. The lowest BCUT2D eigenvalue weighted by Crippen LogP contribution is -2.50. The van der Waals surface area contributed by atoms with Crippen molar-refractivity contribution in [2.75, 3.05) is 17.1 Å². The summed E-state index contributed by atoms with van der Waals surface area (Å²) >= 11 is 0. The fourth-order valence-corrected chi connectivity index (χ4v) is 4.15. The molecule has 142 valence electrons. The van der Waals surface area contributed by atoms with Gasteiger partial charge in [0.25, 0.3) is 0 Å². The number of rotatable bonds is 11. The minimum atomic E-state index is -3.56. The molecule has 25 heavy (non-hydrogen) atoms. The first-order valence-corrected chi connectivity index (χ1v) is 11.0. The third kappa shape index (κ3) is 6.69. The normalized spacial score (nSPS) is 13.9. The Morgan fingerprint density at radius 3 is 2.24 bits per heavy atom. The van der Waals surface area contributed by atoms with E-state index in [2.05, 4.69) is 19.2 Å². The van der Waals surface area contributed by atoms with E-state index >= 15 is 0 Å².